The Balaban J connectivity index is 2.38. The third-order valence-corrected chi connectivity index (χ3v) is 1.95. The Morgan fingerprint density at radius 2 is 2.12 bits per heavy atom. The van der Waals surface area contributed by atoms with E-state index in [1.807, 2.05) is 0 Å². The summed E-state index contributed by atoms with van der Waals surface area (Å²) < 4.78 is 31.4. The Kier molecular flexibility index (Phi) is 2.91. The summed E-state index contributed by atoms with van der Waals surface area (Å²) in [4.78, 5) is 0. The zero-order valence-corrected chi connectivity index (χ0v) is 8.50. The van der Waals surface area contributed by atoms with E-state index in [0.29, 0.717) is 12.4 Å². The molecule has 6 heteroatoms. The second-order valence-electron chi connectivity index (χ2n) is 3.16. The first-order chi connectivity index (χ1) is 7.70. The lowest BCUT2D eigenvalue weighted by Crippen LogP contribution is -2.04. The summed E-state index contributed by atoms with van der Waals surface area (Å²) in [5.74, 6) is -0.853. The van der Waals surface area contributed by atoms with Gasteiger partial charge in [-0.05, 0) is 25.2 Å². The third-order valence-electron chi connectivity index (χ3n) is 1.95. The fourth-order valence-electron chi connectivity index (χ4n) is 1.25. The molecule has 0 fully saturated rings. The number of halogens is 2. The van der Waals surface area contributed by atoms with Crippen LogP contribution >= 0.6 is 0 Å². The number of benzene rings is 1. The Morgan fingerprint density at radius 1 is 1.31 bits per heavy atom. The van der Waals surface area contributed by atoms with Crippen LogP contribution in [0.5, 0.6) is 0 Å². The standard InChI is InChI=1S/C10H9F2N3O/c1-13-5-9-14-15-10(16-9)7-4-6(11)2-3-8(7)12/h2-4,13H,5H2,1H3. The van der Waals surface area contributed by atoms with Gasteiger partial charge in [-0.2, -0.15) is 0 Å². The van der Waals surface area contributed by atoms with Gasteiger partial charge < -0.3 is 9.73 Å². The number of aromatic nitrogens is 2. The molecule has 0 saturated carbocycles. The largest absolute Gasteiger partial charge is 0.419 e. The van der Waals surface area contributed by atoms with E-state index in [0.717, 1.165) is 18.2 Å². The van der Waals surface area contributed by atoms with Gasteiger partial charge in [-0.1, -0.05) is 0 Å². The topological polar surface area (TPSA) is 51.0 Å². The number of nitrogens with one attached hydrogen (secondary N) is 1. The van der Waals surface area contributed by atoms with Gasteiger partial charge in [0, 0.05) is 0 Å². The minimum Gasteiger partial charge on any atom is -0.419 e. The van der Waals surface area contributed by atoms with Crippen LogP contribution in [0.1, 0.15) is 5.89 Å². The van der Waals surface area contributed by atoms with Crippen LogP contribution in [0, 0.1) is 11.6 Å². The van der Waals surface area contributed by atoms with Crippen LogP contribution in [0.2, 0.25) is 0 Å². The lowest BCUT2D eigenvalue weighted by atomic mass is 10.2. The van der Waals surface area contributed by atoms with Crippen LogP contribution in [0.3, 0.4) is 0 Å². The highest BCUT2D eigenvalue weighted by molar-refractivity contribution is 5.53. The van der Waals surface area contributed by atoms with Crippen LogP contribution in [0.25, 0.3) is 11.5 Å². The first-order valence-electron chi connectivity index (χ1n) is 4.63. The van der Waals surface area contributed by atoms with E-state index in [1.165, 1.54) is 0 Å². The minimum absolute atomic E-state index is 0.0257. The maximum absolute atomic E-state index is 13.3. The molecule has 0 aliphatic rings. The molecule has 1 heterocycles. The Morgan fingerprint density at radius 3 is 2.88 bits per heavy atom. The zero-order valence-electron chi connectivity index (χ0n) is 8.50. The third kappa shape index (κ3) is 2.06. The smallest absolute Gasteiger partial charge is 0.250 e. The molecule has 0 aliphatic heterocycles. The van der Waals surface area contributed by atoms with E-state index in [1.54, 1.807) is 7.05 Å². The number of rotatable bonds is 3. The second-order valence-corrected chi connectivity index (χ2v) is 3.16. The van der Waals surface area contributed by atoms with Crippen molar-refractivity contribution in [1.82, 2.24) is 15.5 Å². The summed E-state index contributed by atoms with van der Waals surface area (Å²) in [6.45, 7) is 0.379. The molecular formula is C10H9F2N3O. The molecule has 1 aromatic carbocycles. The molecule has 0 spiro atoms. The van der Waals surface area contributed by atoms with Gasteiger partial charge in [0.05, 0.1) is 12.1 Å². The summed E-state index contributed by atoms with van der Waals surface area (Å²) in [6.07, 6.45) is 0. The monoisotopic (exact) mass is 225 g/mol. The molecule has 0 aliphatic carbocycles. The van der Waals surface area contributed by atoms with Crippen LogP contribution in [-0.4, -0.2) is 17.2 Å². The molecule has 1 N–H and O–H groups in total. The van der Waals surface area contributed by atoms with E-state index >= 15 is 0 Å². The fourth-order valence-corrected chi connectivity index (χ4v) is 1.25. The lowest BCUT2D eigenvalue weighted by Gasteiger charge is -1.97. The highest BCUT2D eigenvalue weighted by Crippen LogP contribution is 2.22. The molecule has 0 amide bonds. The number of nitrogens with zero attached hydrogens (tertiary/aromatic N) is 2. The van der Waals surface area contributed by atoms with Gasteiger partial charge in [0.15, 0.2) is 0 Å². The maximum Gasteiger partial charge on any atom is 0.250 e. The highest BCUT2D eigenvalue weighted by atomic mass is 19.1. The Bertz CT molecular complexity index is 499. The van der Waals surface area contributed by atoms with Crippen molar-refractivity contribution in [2.45, 2.75) is 6.54 Å². The van der Waals surface area contributed by atoms with E-state index < -0.39 is 11.6 Å². The highest BCUT2D eigenvalue weighted by Gasteiger charge is 2.13. The molecule has 0 unspecified atom stereocenters. The molecule has 0 saturated heterocycles. The summed E-state index contributed by atoms with van der Waals surface area (Å²) in [5.41, 5.74) is -0.0325. The zero-order chi connectivity index (χ0) is 11.5. The van der Waals surface area contributed by atoms with Gasteiger partial charge >= 0.3 is 0 Å². The van der Waals surface area contributed by atoms with Crippen molar-refractivity contribution in [3.63, 3.8) is 0 Å². The molecule has 0 atom stereocenters. The molecule has 1 aromatic heterocycles. The van der Waals surface area contributed by atoms with Crippen LogP contribution in [-0.2, 0) is 6.54 Å². The summed E-state index contributed by atoms with van der Waals surface area (Å²) in [5, 5.41) is 10.1. The summed E-state index contributed by atoms with van der Waals surface area (Å²) >= 11 is 0. The Labute approximate surface area is 90.3 Å². The summed E-state index contributed by atoms with van der Waals surface area (Å²) in [7, 11) is 1.71. The van der Waals surface area contributed by atoms with Crippen molar-refractivity contribution in [1.29, 1.82) is 0 Å². The van der Waals surface area contributed by atoms with Crippen molar-refractivity contribution >= 4 is 0 Å². The summed E-state index contributed by atoms with van der Waals surface area (Å²) in [6, 6.07) is 3.07. The van der Waals surface area contributed by atoms with Crippen LogP contribution < -0.4 is 5.32 Å². The molecule has 16 heavy (non-hydrogen) atoms. The number of hydrogen-bond donors (Lipinski definition) is 1. The maximum atomic E-state index is 13.3. The lowest BCUT2D eigenvalue weighted by molar-refractivity contribution is 0.486. The molecule has 2 aromatic rings. The van der Waals surface area contributed by atoms with Gasteiger partial charge in [-0.25, -0.2) is 8.78 Å². The Hall–Kier alpha value is -1.82. The first-order valence-corrected chi connectivity index (χ1v) is 4.63. The van der Waals surface area contributed by atoms with E-state index in [-0.39, 0.29) is 11.5 Å². The molecule has 0 bridgehead atoms. The van der Waals surface area contributed by atoms with Gasteiger partial charge in [0.25, 0.3) is 5.89 Å². The quantitative estimate of drug-likeness (QED) is 0.864. The van der Waals surface area contributed by atoms with Gasteiger partial charge in [0.2, 0.25) is 5.89 Å². The van der Waals surface area contributed by atoms with Gasteiger partial charge in [-0.15, -0.1) is 10.2 Å². The average Bonchev–Trinajstić information content (AvgIpc) is 2.71. The van der Waals surface area contributed by atoms with Crippen LogP contribution in [0.15, 0.2) is 22.6 Å². The minimum atomic E-state index is -0.596. The van der Waals surface area contributed by atoms with Crippen molar-refractivity contribution in [2.24, 2.45) is 0 Å². The second kappa shape index (κ2) is 4.36. The molecular weight excluding hydrogens is 216 g/mol. The van der Waals surface area contributed by atoms with Crippen molar-refractivity contribution < 1.29 is 13.2 Å². The van der Waals surface area contributed by atoms with E-state index in [2.05, 4.69) is 15.5 Å². The van der Waals surface area contributed by atoms with E-state index in [9.17, 15) is 8.78 Å². The fraction of sp³-hybridized carbons (Fsp3) is 0.200. The number of hydrogen-bond acceptors (Lipinski definition) is 4. The predicted octanol–water partition coefficient (Wildman–Crippen LogP) is 1.73. The van der Waals surface area contributed by atoms with Crippen molar-refractivity contribution in [3.05, 3.63) is 35.7 Å². The molecule has 84 valence electrons. The van der Waals surface area contributed by atoms with Crippen molar-refractivity contribution in [3.8, 4) is 11.5 Å². The predicted molar refractivity (Wildman–Crippen MR) is 52.4 cm³/mol. The van der Waals surface area contributed by atoms with Gasteiger partial charge in [0.1, 0.15) is 11.6 Å². The molecule has 4 nitrogen and oxygen atoms in total. The van der Waals surface area contributed by atoms with Crippen molar-refractivity contribution in [2.75, 3.05) is 7.05 Å². The first kappa shape index (κ1) is 10.7. The molecule has 0 radical (unpaired) electrons. The van der Waals surface area contributed by atoms with E-state index in [4.69, 9.17) is 4.42 Å². The normalized spacial score (nSPS) is 10.7. The van der Waals surface area contributed by atoms with Crippen LogP contribution in [0.4, 0.5) is 8.78 Å². The van der Waals surface area contributed by atoms with Gasteiger partial charge in [-0.3, -0.25) is 0 Å². The average molecular weight is 225 g/mol. The SMILES string of the molecule is CNCc1nnc(-c2cc(F)ccc2F)o1. The molecule has 2 rings (SSSR count).